The molecule has 0 bridgehead atoms. The van der Waals surface area contributed by atoms with Crippen LogP contribution in [-0.2, 0) is 0 Å². The second-order valence-electron chi connectivity index (χ2n) is 2.30. The van der Waals surface area contributed by atoms with Crippen LogP contribution in [0.2, 0.25) is 5.02 Å². The molecule has 13 heavy (non-hydrogen) atoms. The van der Waals surface area contributed by atoms with Gasteiger partial charge in [-0.3, -0.25) is 0 Å². The van der Waals surface area contributed by atoms with Crippen LogP contribution in [0.3, 0.4) is 0 Å². The van der Waals surface area contributed by atoms with Gasteiger partial charge in [-0.1, -0.05) is 11.6 Å². The van der Waals surface area contributed by atoms with Gasteiger partial charge in [0, 0.05) is 0 Å². The maximum Gasteiger partial charge on any atom is 0.339 e. The topological polar surface area (TPSA) is 87.1 Å². The van der Waals surface area contributed by atoms with E-state index in [0.717, 1.165) is 0 Å². The molecule has 0 amide bonds. The molecule has 1 aromatic carbocycles. The molecule has 0 saturated heterocycles. The Kier molecular flexibility index (Phi) is 2.40. The Bertz CT molecular complexity index is 409. The molecule has 0 aliphatic heterocycles. The number of benzene rings is 1. The van der Waals surface area contributed by atoms with Crippen molar-refractivity contribution in [2.75, 3.05) is 5.73 Å². The van der Waals surface area contributed by atoms with Crippen molar-refractivity contribution in [2.45, 2.75) is 0 Å². The molecule has 0 unspecified atom stereocenters. The number of carboxylic acid groups (broad SMARTS) is 1. The Balaban J connectivity index is 3.53. The summed E-state index contributed by atoms with van der Waals surface area (Å²) in [5.74, 6) is -1.25. The molecule has 0 radical (unpaired) electrons. The molecule has 0 aliphatic carbocycles. The first-order chi connectivity index (χ1) is 6.07. The SMILES string of the molecule is N#Cc1ccc(Cl)c(N)c1C(=O)O. The van der Waals surface area contributed by atoms with Gasteiger partial charge in [0.25, 0.3) is 0 Å². The zero-order valence-corrected chi connectivity index (χ0v) is 7.17. The molecular weight excluding hydrogens is 192 g/mol. The van der Waals surface area contributed by atoms with E-state index < -0.39 is 5.97 Å². The highest BCUT2D eigenvalue weighted by atomic mass is 35.5. The van der Waals surface area contributed by atoms with Crippen molar-refractivity contribution in [3.05, 3.63) is 28.3 Å². The molecule has 1 rings (SSSR count). The average molecular weight is 197 g/mol. The predicted octanol–water partition coefficient (Wildman–Crippen LogP) is 1.49. The molecule has 0 heterocycles. The number of hydrogen-bond donors (Lipinski definition) is 2. The van der Waals surface area contributed by atoms with Gasteiger partial charge in [0.15, 0.2) is 0 Å². The third kappa shape index (κ3) is 1.55. The number of nitriles is 1. The molecule has 0 spiro atoms. The van der Waals surface area contributed by atoms with Crippen LogP contribution in [0.25, 0.3) is 0 Å². The fourth-order valence-corrected chi connectivity index (χ4v) is 1.08. The number of carboxylic acids is 1. The van der Waals surface area contributed by atoms with E-state index in [1.165, 1.54) is 12.1 Å². The molecule has 0 aliphatic rings. The number of nitrogen functional groups attached to an aromatic ring is 1. The Morgan fingerprint density at radius 3 is 2.69 bits per heavy atom. The van der Waals surface area contributed by atoms with Crippen molar-refractivity contribution >= 4 is 23.3 Å². The van der Waals surface area contributed by atoms with Crippen LogP contribution in [-0.4, -0.2) is 11.1 Å². The number of nitrogens with zero attached hydrogens (tertiary/aromatic N) is 1. The lowest BCUT2D eigenvalue weighted by atomic mass is 10.1. The van der Waals surface area contributed by atoms with Gasteiger partial charge in [-0.05, 0) is 12.1 Å². The first kappa shape index (κ1) is 9.36. The normalized spacial score (nSPS) is 9.23. The lowest BCUT2D eigenvalue weighted by molar-refractivity contribution is 0.0697. The first-order valence-corrected chi connectivity index (χ1v) is 3.67. The molecule has 66 valence electrons. The molecule has 5 heteroatoms. The maximum absolute atomic E-state index is 10.7. The van der Waals surface area contributed by atoms with E-state index in [4.69, 9.17) is 27.7 Å². The Morgan fingerprint density at radius 2 is 2.23 bits per heavy atom. The van der Waals surface area contributed by atoms with Crippen LogP contribution in [0.1, 0.15) is 15.9 Å². The largest absolute Gasteiger partial charge is 0.478 e. The van der Waals surface area contributed by atoms with Gasteiger partial charge in [-0.2, -0.15) is 5.26 Å². The predicted molar refractivity (Wildman–Crippen MR) is 47.5 cm³/mol. The van der Waals surface area contributed by atoms with Crippen molar-refractivity contribution in [3.8, 4) is 6.07 Å². The zero-order chi connectivity index (χ0) is 10.0. The smallest absolute Gasteiger partial charge is 0.339 e. The number of aromatic carboxylic acids is 1. The summed E-state index contributed by atoms with van der Waals surface area (Å²) in [6.07, 6.45) is 0. The summed E-state index contributed by atoms with van der Waals surface area (Å²) < 4.78 is 0. The summed E-state index contributed by atoms with van der Waals surface area (Å²) in [5.41, 5.74) is 5.09. The van der Waals surface area contributed by atoms with Crippen molar-refractivity contribution in [1.82, 2.24) is 0 Å². The van der Waals surface area contributed by atoms with Crippen molar-refractivity contribution in [1.29, 1.82) is 5.26 Å². The van der Waals surface area contributed by atoms with Gasteiger partial charge >= 0.3 is 5.97 Å². The summed E-state index contributed by atoms with van der Waals surface area (Å²) in [6.45, 7) is 0. The molecule has 3 N–H and O–H groups in total. The summed E-state index contributed by atoms with van der Waals surface area (Å²) in [6, 6.07) is 4.44. The number of hydrogen-bond acceptors (Lipinski definition) is 3. The number of carbonyl (C=O) groups is 1. The van der Waals surface area contributed by atoms with Gasteiger partial charge in [-0.15, -0.1) is 0 Å². The van der Waals surface area contributed by atoms with Gasteiger partial charge < -0.3 is 10.8 Å². The van der Waals surface area contributed by atoms with Crippen LogP contribution in [0, 0.1) is 11.3 Å². The number of anilines is 1. The zero-order valence-electron chi connectivity index (χ0n) is 6.41. The fraction of sp³-hybridized carbons (Fsp3) is 0. The minimum Gasteiger partial charge on any atom is -0.478 e. The van der Waals surface area contributed by atoms with Crippen LogP contribution < -0.4 is 5.73 Å². The summed E-state index contributed by atoms with van der Waals surface area (Å²) in [5, 5.41) is 17.4. The van der Waals surface area contributed by atoms with E-state index >= 15 is 0 Å². The number of halogens is 1. The Hall–Kier alpha value is -1.73. The highest BCUT2D eigenvalue weighted by Crippen LogP contribution is 2.25. The summed E-state index contributed by atoms with van der Waals surface area (Å²) in [7, 11) is 0. The molecular formula is C8H5ClN2O2. The molecule has 0 atom stereocenters. The van der Waals surface area contributed by atoms with E-state index in [1.807, 2.05) is 0 Å². The highest BCUT2D eigenvalue weighted by Gasteiger charge is 2.15. The van der Waals surface area contributed by atoms with Crippen molar-refractivity contribution < 1.29 is 9.90 Å². The molecule has 0 saturated carbocycles. The summed E-state index contributed by atoms with van der Waals surface area (Å²) >= 11 is 5.59. The number of rotatable bonds is 1. The first-order valence-electron chi connectivity index (χ1n) is 3.29. The average Bonchev–Trinajstić information content (AvgIpc) is 2.08. The van der Waals surface area contributed by atoms with E-state index in [0.29, 0.717) is 0 Å². The monoisotopic (exact) mass is 196 g/mol. The molecule has 1 aromatic rings. The number of nitrogens with two attached hydrogens (primary N) is 1. The van der Waals surface area contributed by atoms with Gasteiger partial charge in [0.2, 0.25) is 0 Å². The van der Waals surface area contributed by atoms with Gasteiger partial charge in [0.05, 0.1) is 16.3 Å². The molecule has 0 fully saturated rings. The Labute approximate surface area is 79.2 Å². The lowest BCUT2D eigenvalue weighted by Crippen LogP contribution is -2.05. The minimum atomic E-state index is -1.25. The molecule has 0 aromatic heterocycles. The van der Waals surface area contributed by atoms with Crippen LogP contribution in [0.5, 0.6) is 0 Å². The molecule has 4 nitrogen and oxygen atoms in total. The Morgan fingerprint density at radius 1 is 1.62 bits per heavy atom. The van der Waals surface area contributed by atoms with E-state index in [9.17, 15) is 4.79 Å². The third-order valence-electron chi connectivity index (χ3n) is 1.53. The standard InChI is InChI=1S/C8H5ClN2O2/c9-5-2-1-4(3-10)6(7(5)11)8(12)13/h1-2H,11H2,(H,12,13). The highest BCUT2D eigenvalue weighted by molar-refractivity contribution is 6.34. The second-order valence-corrected chi connectivity index (χ2v) is 2.71. The van der Waals surface area contributed by atoms with Crippen LogP contribution in [0.4, 0.5) is 5.69 Å². The summed E-state index contributed by atoms with van der Waals surface area (Å²) in [4.78, 5) is 10.7. The van der Waals surface area contributed by atoms with Gasteiger partial charge in [-0.25, -0.2) is 4.79 Å². The maximum atomic E-state index is 10.7. The lowest BCUT2D eigenvalue weighted by Gasteiger charge is -2.03. The van der Waals surface area contributed by atoms with E-state index in [1.54, 1.807) is 6.07 Å². The van der Waals surface area contributed by atoms with Crippen molar-refractivity contribution in [2.24, 2.45) is 0 Å². The van der Waals surface area contributed by atoms with Crippen LogP contribution >= 0.6 is 11.6 Å². The fourth-order valence-electron chi connectivity index (χ4n) is 0.918. The van der Waals surface area contributed by atoms with E-state index in [2.05, 4.69) is 0 Å². The van der Waals surface area contributed by atoms with Crippen molar-refractivity contribution in [3.63, 3.8) is 0 Å². The van der Waals surface area contributed by atoms with Crippen LogP contribution in [0.15, 0.2) is 12.1 Å². The van der Waals surface area contributed by atoms with Gasteiger partial charge in [0.1, 0.15) is 11.6 Å². The third-order valence-corrected chi connectivity index (χ3v) is 1.86. The quantitative estimate of drug-likeness (QED) is 0.667. The minimum absolute atomic E-state index is 0.00870. The second kappa shape index (κ2) is 3.33. The van der Waals surface area contributed by atoms with E-state index in [-0.39, 0.29) is 21.8 Å².